The van der Waals surface area contributed by atoms with Gasteiger partial charge >= 0.3 is 0 Å². The number of aryl methyl sites for hydroxylation is 1. The molecular weight excluding hydrogens is 739 g/mol. The number of hydrogen-bond donors (Lipinski definition) is 0. The van der Waals surface area contributed by atoms with Crippen LogP contribution >= 0.6 is 0 Å². The maximum absolute atomic E-state index is 7.64. The summed E-state index contributed by atoms with van der Waals surface area (Å²) in [6.07, 6.45) is 4.69. The normalized spacial score (nSPS) is 19.6. The van der Waals surface area contributed by atoms with Gasteiger partial charge in [0.15, 0.2) is 0 Å². The number of rotatable bonds is 1. The molecule has 0 saturated heterocycles. The Kier molecular flexibility index (Phi) is 7.61. The van der Waals surface area contributed by atoms with Gasteiger partial charge < -0.3 is 14.2 Å². The average Bonchev–Trinajstić information content (AvgIpc) is 3.56. The third-order valence-electron chi connectivity index (χ3n) is 16.2. The predicted molar refractivity (Wildman–Crippen MR) is 262 cm³/mol. The highest BCUT2D eigenvalue weighted by molar-refractivity contribution is 7.00. The van der Waals surface area contributed by atoms with E-state index in [4.69, 9.17) is 4.42 Å². The van der Waals surface area contributed by atoms with Gasteiger partial charge in [0.2, 0.25) is 0 Å². The predicted octanol–water partition coefficient (Wildman–Crippen LogP) is 14.1. The van der Waals surface area contributed by atoms with Crippen LogP contribution in [0.1, 0.15) is 162 Å². The molecule has 0 amide bonds. The molecule has 2 aliphatic carbocycles. The van der Waals surface area contributed by atoms with Crippen molar-refractivity contribution in [1.82, 2.24) is 0 Å². The summed E-state index contributed by atoms with van der Waals surface area (Å²) in [4.78, 5) is 5.24. The fraction of sp³-hybridized carbons (Fsp3) is 0.439. The molecule has 0 spiro atoms. The van der Waals surface area contributed by atoms with Gasteiger partial charge in [-0.05, 0) is 163 Å². The fourth-order valence-electron chi connectivity index (χ4n) is 12.3. The van der Waals surface area contributed by atoms with Crippen molar-refractivity contribution in [2.45, 2.75) is 162 Å². The zero-order valence-electron chi connectivity index (χ0n) is 39.6. The summed E-state index contributed by atoms with van der Waals surface area (Å²) >= 11 is 0. The van der Waals surface area contributed by atoms with E-state index in [-0.39, 0.29) is 39.2 Å². The van der Waals surface area contributed by atoms with E-state index >= 15 is 0 Å². The second-order valence-corrected chi connectivity index (χ2v) is 24.5. The van der Waals surface area contributed by atoms with Gasteiger partial charge in [0.1, 0.15) is 5.58 Å². The number of anilines is 6. The van der Waals surface area contributed by atoms with Crippen LogP contribution in [0.25, 0.3) is 22.1 Å². The lowest BCUT2D eigenvalue weighted by Crippen LogP contribution is -2.61. The molecule has 0 fully saturated rings. The number of furan rings is 1. The monoisotopic (exact) mass is 805 g/mol. The highest BCUT2D eigenvalue weighted by atomic mass is 16.3. The summed E-state index contributed by atoms with van der Waals surface area (Å²) in [7, 11) is 0. The van der Waals surface area contributed by atoms with Crippen molar-refractivity contribution in [2.24, 2.45) is 0 Å². The zero-order valence-corrected chi connectivity index (χ0v) is 39.6. The number of fused-ring (bicyclic) bond motifs is 10. The van der Waals surface area contributed by atoms with Crippen molar-refractivity contribution in [1.29, 1.82) is 0 Å². The van der Waals surface area contributed by atoms with E-state index in [9.17, 15) is 0 Å². The molecule has 1 aromatic heterocycles. The number of nitrogens with zero attached hydrogens (tertiary/aromatic N) is 2. The van der Waals surface area contributed by atoms with Crippen LogP contribution in [-0.4, -0.2) is 6.71 Å². The van der Waals surface area contributed by atoms with Crippen LogP contribution in [0, 0.1) is 6.92 Å². The van der Waals surface area contributed by atoms with Crippen molar-refractivity contribution >= 4 is 68.4 Å². The minimum absolute atomic E-state index is 0.0150. The van der Waals surface area contributed by atoms with E-state index in [2.05, 4.69) is 186 Å². The summed E-state index contributed by atoms with van der Waals surface area (Å²) < 4.78 is 7.64. The Morgan fingerprint density at radius 1 is 0.557 bits per heavy atom. The minimum Gasteiger partial charge on any atom is -0.468 e. The highest BCUT2D eigenvalue weighted by Crippen LogP contribution is 2.62. The van der Waals surface area contributed by atoms with E-state index in [1.54, 1.807) is 0 Å². The molecule has 4 heterocycles. The van der Waals surface area contributed by atoms with Crippen molar-refractivity contribution in [3.63, 3.8) is 0 Å². The Hall–Kier alpha value is -4.70. The van der Waals surface area contributed by atoms with E-state index < -0.39 is 0 Å². The molecule has 5 aliphatic rings. The van der Waals surface area contributed by atoms with Gasteiger partial charge in [0.25, 0.3) is 6.71 Å². The van der Waals surface area contributed by atoms with Crippen LogP contribution in [0.2, 0.25) is 0 Å². The van der Waals surface area contributed by atoms with Crippen LogP contribution in [0.3, 0.4) is 0 Å². The maximum atomic E-state index is 7.64. The Labute approximate surface area is 366 Å². The lowest BCUT2D eigenvalue weighted by molar-refractivity contribution is 0.331. The molecule has 0 bridgehead atoms. The molecule has 3 aliphatic heterocycles. The molecule has 4 heteroatoms. The van der Waals surface area contributed by atoms with E-state index in [1.165, 1.54) is 113 Å². The smallest absolute Gasteiger partial charge is 0.297 e. The highest BCUT2D eigenvalue weighted by Gasteiger charge is 2.52. The van der Waals surface area contributed by atoms with Gasteiger partial charge in [-0.15, -0.1) is 0 Å². The molecule has 312 valence electrons. The Balaban J connectivity index is 1.30. The quantitative estimate of drug-likeness (QED) is 0.154. The second-order valence-electron chi connectivity index (χ2n) is 24.5. The first-order valence-electron chi connectivity index (χ1n) is 23.2. The molecular formula is C57H65BN2O. The second kappa shape index (κ2) is 11.9. The zero-order chi connectivity index (χ0) is 43.3. The molecule has 0 N–H and O–H groups in total. The van der Waals surface area contributed by atoms with E-state index in [1.807, 2.05) is 0 Å². The van der Waals surface area contributed by atoms with Gasteiger partial charge in [-0.25, -0.2) is 0 Å². The van der Waals surface area contributed by atoms with Gasteiger partial charge in [0, 0.05) is 33.9 Å². The number of benzene rings is 5. The van der Waals surface area contributed by atoms with Crippen LogP contribution in [0.4, 0.5) is 34.1 Å². The lowest BCUT2D eigenvalue weighted by Gasteiger charge is -2.48. The van der Waals surface area contributed by atoms with Crippen molar-refractivity contribution in [3.8, 4) is 11.1 Å². The first-order chi connectivity index (χ1) is 28.4. The van der Waals surface area contributed by atoms with Crippen LogP contribution < -0.4 is 26.4 Å². The van der Waals surface area contributed by atoms with E-state index in [0.29, 0.717) is 0 Å². The molecule has 0 atom stereocenters. The third-order valence-corrected chi connectivity index (χ3v) is 16.2. The number of hydrogen-bond acceptors (Lipinski definition) is 3. The first kappa shape index (κ1) is 39.2. The molecule has 0 saturated carbocycles. The molecule has 11 rings (SSSR count). The summed E-state index contributed by atoms with van der Waals surface area (Å²) in [5, 5.41) is 1.31. The molecule has 61 heavy (non-hydrogen) atoms. The SMILES string of the molecule is Cc1cc2c3c(c1)N1c4cc5c(cc4-c4c6c(cc7oc(c1c47)B3c1cc(C(C)(C)C)ccc1N2c1ccc(C(C)(C)C)cc1)C(C)(C)CCC6(C)C)C(C)(C)CCC5(C)C. The van der Waals surface area contributed by atoms with Crippen molar-refractivity contribution in [3.05, 3.63) is 112 Å². The minimum atomic E-state index is -0.0629. The van der Waals surface area contributed by atoms with Crippen molar-refractivity contribution in [2.75, 3.05) is 9.80 Å². The largest absolute Gasteiger partial charge is 0.468 e. The Bertz CT molecular complexity index is 2900. The Morgan fingerprint density at radius 2 is 1.11 bits per heavy atom. The molecule has 3 nitrogen and oxygen atoms in total. The summed E-state index contributed by atoms with van der Waals surface area (Å²) in [5.41, 5.74) is 25.4. The lowest BCUT2D eigenvalue weighted by atomic mass is 9.35. The third kappa shape index (κ3) is 5.29. The topological polar surface area (TPSA) is 19.6 Å². The fourth-order valence-corrected chi connectivity index (χ4v) is 12.3. The molecule has 0 radical (unpaired) electrons. The Morgan fingerprint density at radius 3 is 1.74 bits per heavy atom. The molecule has 0 unspecified atom stereocenters. The van der Waals surface area contributed by atoms with Crippen LogP contribution in [-0.2, 0) is 32.5 Å². The first-order valence-corrected chi connectivity index (χ1v) is 23.2. The van der Waals surface area contributed by atoms with E-state index in [0.717, 1.165) is 24.1 Å². The molecule has 5 aromatic carbocycles. The average molecular weight is 805 g/mol. The van der Waals surface area contributed by atoms with Gasteiger partial charge in [-0.1, -0.05) is 121 Å². The summed E-state index contributed by atoms with van der Waals surface area (Å²) in [6, 6.07) is 29.4. The van der Waals surface area contributed by atoms with Gasteiger partial charge in [0.05, 0.1) is 22.4 Å². The van der Waals surface area contributed by atoms with Crippen molar-refractivity contribution < 1.29 is 4.42 Å². The summed E-state index contributed by atoms with van der Waals surface area (Å²) in [5.74, 6) is 0. The molecule has 6 aromatic rings. The standard InChI is InChI=1S/C57H65BN2O/c1-32-26-43-49-44(27-32)60-42-30-38-37(54(8,9)22-23-55(38,10)11)29-36(42)46-47-45(31-39-48(46)57(14,15)25-24-56(39,12)13)61-51(50(47)60)58(49)40-28-34(53(5,6)7)18-21-41(40)59(43)35-19-16-33(17-20-35)52(2,3)4/h16-21,26-31H,22-25H2,1-15H3. The van der Waals surface area contributed by atoms with Crippen LogP contribution in [0.5, 0.6) is 0 Å². The van der Waals surface area contributed by atoms with Crippen LogP contribution in [0.15, 0.2) is 77.2 Å². The van der Waals surface area contributed by atoms with Gasteiger partial charge in [-0.3, -0.25) is 0 Å². The summed E-state index contributed by atoms with van der Waals surface area (Å²) in [6.45, 7) is 36.0. The van der Waals surface area contributed by atoms with Gasteiger partial charge in [-0.2, -0.15) is 0 Å². The maximum Gasteiger partial charge on any atom is 0.297 e.